The van der Waals surface area contributed by atoms with E-state index in [1.54, 1.807) is 0 Å². The Kier molecular flexibility index (Phi) is 3.09. The monoisotopic (exact) mass is 309 g/mol. The van der Waals surface area contributed by atoms with Gasteiger partial charge in [0.1, 0.15) is 5.92 Å². The van der Waals surface area contributed by atoms with E-state index in [2.05, 4.69) is 10.3 Å². The van der Waals surface area contributed by atoms with Crippen LogP contribution in [0, 0.1) is 21.4 Å². The first-order valence-electron chi connectivity index (χ1n) is 6.74. The molecule has 0 spiro atoms. The number of nitrogens with one attached hydrogen (secondary N) is 1. The van der Waals surface area contributed by atoms with Gasteiger partial charge >= 0.3 is 0 Å². The molecule has 1 N–H and O–H groups in total. The van der Waals surface area contributed by atoms with E-state index >= 15 is 0 Å². The summed E-state index contributed by atoms with van der Waals surface area (Å²) in [5.41, 5.74) is 0.602. The zero-order valence-corrected chi connectivity index (χ0v) is 12.5. The van der Waals surface area contributed by atoms with E-state index in [0.717, 1.165) is 17.0 Å². The van der Waals surface area contributed by atoms with Crippen molar-refractivity contribution in [2.24, 2.45) is 11.3 Å². The van der Waals surface area contributed by atoms with Crippen molar-refractivity contribution in [3.63, 3.8) is 0 Å². The lowest BCUT2D eigenvalue weighted by atomic mass is 9.78. The minimum atomic E-state index is -0.778. The van der Waals surface area contributed by atoms with E-state index < -0.39 is 16.9 Å². The van der Waals surface area contributed by atoms with Crippen LogP contribution in [0.15, 0.2) is 0 Å². The van der Waals surface area contributed by atoms with Gasteiger partial charge in [0.25, 0.3) is 0 Å². The fourth-order valence-corrected chi connectivity index (χ4v) is 3.59. The normalized spacial score (nSPS) is 26.1. The van der Waals surface area contributed by atoms with Gasteiger partial charge in [-0.2, -0.15) is 0 Å². The van der Waals surface area contributed by atoms with Crippen LogP contribution in [0.4, 0.5) is 5.13 Å². The SMILES string of the molecule is CC1(C)CC(=O)c2sc(NC(=O)C3CC3[N+](=O)[O-])nc2C1. The molecule has 2 aliphatic carbocycles. The third-order valence-electron chi connectivity index (χ3n) is 3.83. The highest BCUT2D eigenvalue weighted by Crippen LogP contribution is 2.39. The Labute approximate surface area is 124 Å². The molecule has 0 radical (unpaired) electrons. The Balaban J connectivity index is 1.73. The molecule has 0 aromatic carbocycles. The second kappa shape index (κ2) is 4.59. The molecule has 1 heterocycles. The van der Waals surface area contributed by atoms with E-state index in [1.807, 2.05) is 13.8 Å². The van der Waals surface area contributed by atoms with Gasteiger partial charge in [0.15, 0.2) is 10.9 Å². The quantitative estimate of drug-likeness (QED) is 0.678. The summed E-state index contributed by atoms with van der Waals surface area (Å²) in [4.78, 5) is 39.0. The third kappa shape index (κ3) is 2.67. The molecular weight excluding hydrogens is 294 g/mol. The number of aromatic nitrogens is 1. The van der Waals surface area contributed by atoms with E-state index in [-0.39, 0.29) is 23.5 Å². The van der Waals surface area contributed by atoms with Crippen LogP contribution in [0.3, 0.4) is 0 Å². The van der Waals surface area contributed by atoms with Gasteiger partial charge in [0.05, 0.1) is 10.6 Å². The molecule has 1 aromatic heterocycles. The van der Waals surface area contributed by atoms with Crippen molar-refractivity contribution < 1.29 is 14.5 Å². The standard InChI is InChI=1S/C13H15N3O4S/c1-13(2)4-7-10(9(17)5-13)21-12(14-7)15-11(18)6-3-8(6)16(19)20/h6,8H,3-5H2,1-2H3,(H,14,15,18). The van der Waals surface area contributed by atoms with Gasteiger partial charge in [-0.3, -0.25) is 19.7 Å². The van der Waals surface area contributed by atoms with Crippen molar-refractivity contribution in [1.82, 2.24) is 4.98 Å². The Bertz CT molecular complexity index is 652. The third-order valence-corrected chi connectivity index (χ3v) is 4.88. The number of fused-ring (bicyclic) bond motifs is 1. The first-order valence-corrected chi connectivity index (χ1v) is 7.56. The van der Waals surface area contributed by atoms with Gasteiger partial charge in [-0.1, -0.05) is 25.2 Å². The molecule has 3 rings (SSSR count). The first kappa shape index (κ1) is 14.1. The van der Waals surface area contributed by atoms with Crippen molar-refractivity contribution in [3.05, 3.63) is 20.7 Å². The molecule has 112 valence electrons. The molecule has 0 bridgehead atoms. The molecule has 1 fully saturated rings. The van der Waals surface area contributed by atoms with Crippen LogP contribution in [-0.2, 0) is 11.2 Å². The molecular formula is C13H15N3O4S. The zero-order valence-electron chi connectivity index (χ0n) is 11.7. The van der Waals surface area contributed by atoms with Crippen molar-refractivity contribution in [2.45, 2.75) is 39.2 Å². The van der Waals surface area contributed by atoms with Crippen LogP contribution in [0.1, 0.15) is 42.1 Å². The summed E-state index contributed by atoms with van der Waals surface area (Å²) in [7, 11) is 0. The second-order valence-electron chi connectivity index (χ2n) is 6.42. The van der Waals surface area contributed by atoms with Crippen molar-refractivity contribution >= 4 is 28.2 Å². The summed E-state index contributed by atoms with van der Waals surface area (Å²) in [5, 5.41) is 13.5. The number of hydrogen-bond acceptors (Lipinski definition) is 6. The Hall–Kier alpha value is -1.83. The Morgan fingerprint density at radius 2 is 2.19 bits per heavy atom. The smallest absolute Gasteiger partial charge is 0.236 e. The molecule has 2 unspecified atom stereocenters. The number of Topliss-reactive ketones (excluding diaryl/α,β-unsaturated/α-hetero) is 1. The summed E-state index contributed by atoms with van der Waals surface area (Å²) in [6, 6.07) is -0.778. The topological polar surface area (TPSA) is 102 Å². The molecule has 1 saturated carbocycles. The van der Waals surface area contributed by atoms with Crippen LogP contribution in [0.2, 0.25) is 0 Å². The maximum absolute atomic E-state index is 12.1. The number of ketones is 1. The highest BCUT2D eigenvalue weighted by atomic mass is 32.1. The number of thiazole rings is 1. The molecule has 2 aliphatic rings. The average Bonchev–Trinajstić information content (AvgIpc) is 3.05. The van der Waals surface area contributed by atoms with Gasteiger partial charge in [-0.05, 0) is 11.8 Å². The summed E-state index contributed by atoms with van der Waals surface area (Å²) in [5.74, 6) is -0.906. The maximum atomic E-state index is 12.1. The van der Waals surface area contributed by atoms with E-state index in [0.29, 0.717) is 22.9 Å². The average molecular weight is 309 g/mol. The lowest BCUT2D eigenvalue weighted by Gasteiger charge is -2.26. The summed E-state index contributed by atoms with van der Waals surface area (Å²) in [6.07, 6.45) is 1.44. The molecule has 0 aliphatic heterocycles. The number of carbonyl (C=O) groups excluding carboxylic acids is 2. The zero-order chi connectivity index (χ0) is 15.4. The predicted molar refractivity (Wildman–Crippen MR) is 76.1 cm³/mol. The van der Waals surface area contributed by atoms with Gasteiger partial charge < -0.3 is 5.32 Å². The second-order valence-corrected chi connectivity index (χ2v) is 7.42. The molecule has 21 heavy (non-hydrogen) atoms. The number of nitrogens with zero attached hydrogens (tertiary/aromatic N) is 2. The molecule has 1 amide bonds. The lowest BCUT2D eigenvalue weighted by Crippen LogP contribution is -2.26. The van der Waals surface area contributed by atoms with Crippen LogP contribution in [0.25, 0.3) is 0 Å². The predicted octanol–water partition coefficient (Wildman–Crippen LogP) is 1.90. The minimum Gasteiger partial charge on any atom is -0.301 e. The minimum absolute atomic E-state index is 0.0499. The van der Waals surface area contributed by atoms with Crippen LogP contribution < -0.4 is 5.32 Å². The van der Waals surface area contributed by atoms with Crippen LogP contribution in [-0.4, -0.2) is 27.6 Å². The van der Waals surface area contributed by atoms with Gasteiger partial charge in [0, 0.05) is 17.8 Å². The van der Waals surface area contributed by atoms with E-state index in [1.165, 1.54) is 0 Å². The highest BCUT2D eigenvalue weighted by Gasteiger charge is 2.53. The number of hydrogen-bond donors (Lipinski definition) is 1. The Morgan fingerprint density at radius 1 is 1.48 bits per heavy atom. The van der Waals surface area contributed by atoms with E-state index in [9.17, 15) is 19.7 Å². The molecule has 8 heteroatoms. The van der Waals surface area contributed by atoms with Gasteiger partial charge in [0.2, 0.25) is 11.9 Å². The molecule has 2 atom stereocenters. The number of amides is 1. The van der Waals surface area contributed by atoms with Crippen LogP contribution >= 0.6 is 11.3 Å². The maximum Gasteiger partial charge on any atom is 0.236 e. The van der Waals surface area contributed by atoms with E-state index in [4.69, 9.17) is 0 Å². The number of nitro groups is 1. The lowest BCUT2D eigenvalue weighted by molar-refractivity contribution is -0.497. The largest absolute Gasteiger partial charge is 0.301 e. The highest BCUT2D eigenvalue weighted by molar-refractivity contribution is 7.17. The summed E-state index contributed by atoms with van der Waals surface area (Å²) < 4.78 is 0. The molecule has 0 saturated heterocycles. The van der Waals surface area contributed by atoms with Crippen molar-refractivity contribution in [3.8, 4) is 0 Å². The van der Waals surface area contributed by atoms with Gasteiger partial charge in [-0.15, -0.1) is 0 Å². The molecule has 7 nitrogen and oxygen atoms in total. The number of carbonyl (C=O) groups is 2. The fourth-order valence-electron chi connectivity index (χ4n) is 2.67. The van der Waals surface area contributed by atoms with Crippen molar-refractivity contribution in [1.29, 1.82) is 0 Å². The van der Waals surface area contributed by atoms with Gasteiger partial charge in [-0.25, -0.2) is 4.98 Å². The van der Waals surface area contributed by atoms with Crippen LogP contribution in [0.5, 0.6) is 0 Å². The van der Waals surface area contributed by atoms with Crippen molar-refractivity contribution in [2.75, 3.05) is 5.32 Å². The Morgan fingerprint density at radius 3 is 2.81 bits per heavy atom. The summed E-state index contributed by atoms with van der Waals surface area (Å²) >= 11 is 1.16. The molecule has 1 aromatic rings. The first-order chi connectivity index (χ1) is 9.77. The fraction of sp³-hybridized carbons (Fsp3) is 0.615. The number of anilines is 1. The summed E-state index contributed by atoms with van der Waals surface area (Å²) in [6.45, 7) is 4.02. The number of rotatable bonds is 3.